The number of hydrogen-bond acceptors (Lipinski definition) is 7. The lowest BCUT2D eigenvalue weighted by atomic mass is 9.97. The summed E-state index contributed by atoms with van der Waals surface area (Å²) in [7, 11) is -0.809. The van der Waals surface area contributed by atoms with Crippen molar-refractivity contribution < 1.29 is 28.2 Å². The van der Waals surface area contributed by atoms with Crippen LogP contribution in [0.15, 0.2) is 67.0 Å². The number of carbonyl (C=O) groups is 2. The number of amides is 1. The summed E-state index contributed by atoms with van der Waals surface area (Å²) >= 11 is 0. The molecule has 47 heavy (non-hydrogen) atoms. The lowest BCUT2D eigenvalue weighted by Gasteiger charge is -2.41. The number of aryl methyl sites for hydroxylation is 3. The predicted octanol–water partition coefficient (Wildman–Crippen LogP) is 8.35. The Morgan fingerprint density at radius 2 is 1.68 bits per heavy atom. The van der Waals surface area contributed by atoms with Gasteiger partial charge in [0, 0.05) is 12.4 Å². The van der Waals surface area contributed by atoms with Gasteiger partial charge in [-0.1, -0.05) is 51.1 Å². The third-order valence-electron chi connectivity index (χ3n) is 8.99. The summed E-state index contributed by atoms with van der Waals surface area (Å²) in [5, 5.41) is -0.00557. The van der Waals surface area contributed by atoms with Crippen molar-refractivity contribution in [2.24, 2.45) is 0 Å². The van der Waals surface area contributed by atoms with Crippen LogP contribution in [-0.2, 0) is 33.2 Å². The molecule has 0 spiro atoms. The van der Waals surface area contributed by atoms with Gasteiger partial charge in [0.1, 0.15) is 17.5 Å². The van der Waals surface area contributed by atoms with Gasteiger partial charge in [-0.15, -0.1) is 0 Å². The summed E-state index contributed by atoms with van der Waals surface area (Å²) in [5.41, 5.74) is 4.43. The smallest absolute Gasteiger partial charge is 0.410 e. The minimum atomic E-state index is -2.20. The minimum Gasteiger partial charge on any atom is -0.488 e. The number of hydrogen-bond donors (Lipinski definition) is 0. The Kier molecular flexibility index (Phi) is 11.6. The molecule has 8 nitrogen and oxygen atoms in total. The summed E-state index contributed by atoms with van der Waals surface area (Å²) in [6.45, 7) is 17.5. The maximum Gasteiger partial charge on any atom is 0.410 e. The monoisotopic (exact) mass is 660 g/mol. The fourth-order valence-electron chi connectivity index (χ4n) is 5.30. The Morgan fingerprint density at radius 1 is 1.00 bits per heavy atom. The molecule has 0 saturated carbocycles. The molecule has 3 aromatic rings. The fraction of sp³-hybridized carbons (Fsp3) is 0.500. The summed E-state index contributed by atoms with van der Waals surface area (Å²) in [4.78, 5) is 31.5. The van der Waals surface area contributed by atoms with E-state index < -0.39 is 13.9 Å². The zero-order valence-electron chi connectivity index (χ0n) is 29.6. The maximum absolute atomic E-state index is 13.7. The lowest BCUT2D eigenvalue weighted by Crippen LogP contribution is -2.48. The molecule has 0 unspecified atom stereocenters. The standard InChI is InChI=1S/C38H52N2O6Si/c1-37(2,3)45-36(42)40(26-34(31-11-10-22-39-24-31)46-47(8,9)38(4,5)6)25-32-20-19-30-23-28(16-21-33(30)44-32)13-12-27-14-17-29(18-15-27)35(41)43-7/h10-11,14-18,21-24,32,34H,12-13,19-20,25-26H2,1-9H3/t32-,34+/m1/s1. The number of nitrogens with zero attached hydrogens (tertiary/aromatic N) is 2. The molecule has 1 aromatic heterocycles. The van der Waals surface area contributed by atoms with Gasteiger partial charge >= 0.3 is 12.1 Å². The Bertz CT molecular complexity index is 1500. The molecule has 254 valence electrons. The first-order chi connectivity index (χ1) is 22.0. The third-order valence-corrected chi connectivity index (χ3v) is 13.5. The van der Waals surface area contributed by atoms with E-state index in [2.05, 4.69) is 51.0 Å². The highest BCUT2D eigenvalue weighted by Gasteiger charge is 2.41. The molecule has 2 aromatic carbocycles. The molecule has 1 aliphatic heterocycles. The molecule has 0 N–H and O–H groups in total. The molecule has 2 heterocycles. The number of ether oxygens (including phenoxy) is 3. The first-order valence-electron chi connectivity index (χ1n) is 16.6. The van der Waals surface area contributed by atoms with Crippen LogP contribution in [0.1, 0.15) is 86.7 Å². The summed E-state index contributed by atoms with van der Waals surface area (Å²) in [6, 6.07) is 17.9. The van der Waals surface area contributed by atoms with E-state index in [4.69, 9.17) is 18.6 Å². The SMILES string of the molecule is COC(=O)c1ccc(CCc2ccc3c(c2)CC[C@H](CN(C[C@H](O[Si](C)(C)C(C)(C)C)c2cccnc2)C(=O)OC(C)(C)C)O3)cc1. The van der Waals surface area contributed by atoms with Crippen molar-refractivity contribution in [3.8, 4) is 5.75 Å². The van der Waals surface area contributed by atoms with Crippen molar-refractivity contribution in [1.82, 2.24) is 9.88 Å². The van der Waals surface area contributed by atoms with Crippen LogP contribution < -0.4 is 4.74 Å². The van der Waals surface area contributed by atoms with Crippen molar-refractivity contribution >= 4 is 20.4 Å². The molecule has 0 bridgehead atoms. The number of esters is 1. The first-order valence-corrected chi connectivity index (χ1v) is 19.5. The van der Waals surface area contributed by atoms with Crippen molar-refractivity contribution in [1.29, 1.82) is 0 Å². The first kappa shape index (κ1) is 36.1. The van der Waals surface area contributed by atoms with Crippen LogP contribution in [0.4, 0.5) is 4.79 Å². The quantitative estimate of drug-likeness (QED) is 0.151. The number of carbonyl (C=O) groups excluding carboxylic acids is 2. The molecule has 0 fully saturated rings. The van der Waals surface area contributed by atoms with E-state index >= 15 is 0 Å². The molecular formula is C38H52N2O6Si. The Labute approximate surface area is 281 Å². The maximum atomic E-state index is 13.7. The van der Waals surface area contributed by atoms with Crippen LogP contribution in [0.2, 0.25) is 18.1 Å². The van der Waals surface area contributed by atoms with Crippen LogP contribution >= 0.6 is 0 Å². The number of aromatic nitrogens is 1. The van der Waals surface area contributed by atoms with Gasteiger partial charge in [0.25, 0.3) is 0 Å². The van der Waals surface area contributed by atoms with Crippen LogP contribution in [0, 0.1) is 0 Å². The molecule has 1 amide bonds. The molecule has 0 radical (unpaired) electrons. The Balaban J connectivity index is 1.47. The molecular weight excluding hydrogens is 609 g/mol. The summed E-state index contributed by atoms with van der Waals surface area (Å²) < 4.78 is 24.1. The van der Waals surface area contributed by atoms with Gasteiger partial charge in [-0.25, -0.2) is 9.59 Å². The molecule has 0 saturated heterocycles. The Morgan fingerprint density at radius 3 is 2.30 bits per heavy atom. The van der Waals surface area contributed by atoms with Crippen LogP contribution in [0.3, 0.4) is 0 Å². The van der Waals surface area contributed by atoms with E-state index in [1.54, 1.807) is 23.2 Å². The van der Waals surface area contributed by atoms with E-state index in [-0.39, 0.29) is 29.3 Å². The van der Waals surface area contributed by atoms with Gasteiger partial charge < -0.3 is 23.5 Å². The van der Waals surface area contributed by atoms with Crippen LogP contribution in [0.5, 0.6) is 5.75 Å². The largest absolute Gasteiger partial charge is 0.488 e. The highest BCUT2D eigenvalue weighted by atomic mass is 28.4. The van der Waals surface area contributed by atoms with Gasteiger partial charge in [0.2, 0.25) is 0 Å². The van der Waals surface area contributed by atoms with Gasteiger partial charge in [-0.3, -0.25) is 4.98 Å². The zero-order valence-corrected chi connectivity index (χ0v) is 30.6. The van der Waals surface area contributed by atoms with Gasteiger partial charge in [0.15, 0.2) is 8.32 Å². The minimum absolute atomic E-state index is 0.00557. The van der Waals surface area contributed by atoms with Gasteiger partial charge in [0.05, 0.1) is 31.9 Å². The van der Waals surface area contributed by atoms with E-state index in [1.165, 1.54) is 18.2 Å². The number of rotatable bonds is 11. The van der Waals surface area contributed by atoms with Crippen molar-refractivity contribution in [2.75, 3.05) is 20.2 Å². The summed E-state index contributed by atoms with van der Waals surface area (Å²) in [6.07, 6.45) is 6.04. The second-order valence-corrected chi connectivity index (χ2v) is 19.7. The molecule has 2 atom stereocenters. The highest BCUT2D eigenvalue weighted by Crippen LogP contribution is 2.40. The van der Waals surface area contributed by atoms with E-state index in [0.29, 0.717) is 18.7 Å². The number of pyridine rings is 1. The molecule has 1 aliphatic rings. The topological polar surface area (TPSA) is 87.2 Å². The molecule has 9 heteroatoms. The number of methoxy groups -OCH3 is 1. The highest BCUT2D eigenvalue weighted by molar-refractivity contribution is 6.74. The van der Waals surface area contributed by atoms with E-state index in [9.17, 15) is 9.59 Å². The van der Waals surface area contributed by atoms with E-state index in [0.717, 1.165) is 42.6 Å². The summed E-state index contributed by atoms with van der Waals surface area (Å²) in [5.74, 6) is 0.532. The molecule has 4 rings (SSSR count). The number of benzene rings is 2. The lowest BCUT2D eigenvalue weighted by molar-refractivity contribution is 0.00489. The second-order valence-electron chi connectivity index (χ2n) is 14.9. The zero-order chi connectivity index (χ0) is 34.4. The third kappa shape index (κ3) is 10.1. The van der Waals surface area contributed by atoms with Crippen molar-refractivity contribution in [3.63, 3.8) is 0 Å². The average Bonchev–Trinajstić information content (AvgIpc) is 3.01. The second kappa shape index (κ2) is 15.0. The van der Waals surface area contributed by atoms with E-state index in [1.807, 2.05) is 57.3 Å². The van der Waals surface area contributed by atoms with Crippen LogP contribution in [0.25, 0.3) is 0 Å². The van der Waals surface area contributed by atoms with Crippen LogP contribution in [-0.4, -0.2) is 62.2 Å². The molecule has 0 aliphatic carbocycles. The fourth-order valence-corrected chi connectivity index (χ4v) is 6.58. The normalized spacial score (nSPS) is 15.6. The van der Waals surface area contributed by atoms with Crippen molar-refractivity contribution in [3.05, 3.63) is 94.8 Å². The van der Waals surface area contributed by atoms with Gasteiger partial charge in [-0.2, -0.15) is 0 Å². The number of fused-ring (bicyclic) bond motifs is 1. The predicted molar refractivity (Wildman–Crippen MR) is 187 cm³/mol. The van der Waals surface area contributed by atoms with Crippen molar-refractivity contribution in [2.45, 2.75) is 103 Å². The average molecular weight is 661 g/mol. The Hall–Kier alpha value is -3.69. The van der Waals surface area contributed by atoms with Gasteiger partial charge in [-0.05, 0) is 111 Å².